The summed E-state index contributed by atoms with van der Waals surface area (Å²) in [6, 6.07) is 0. The van der Waals surface area contributed by atoms with Gasteiger partial charge in [-0.25, -0.2) is 9.13 Å². The largest absolute Gasteiger partial charge is 0.472 e. The lowest BCUT2D eigenvalue weighted by molar-refractivity contribution is -0.161. The lowest BCUT2D eigenvalue weighted by atomic mass is 10.0. The van der Waals surface area contributed by atoms with E-state index in [1.165, 1.54) is 148 Å². The Hall–Kier alpha value is -1.94. The molecule has 0 amide bonds. The minimum absolute atomic E-state index is 0.104. The molecule has 0 heterocycles. The van der Waals surface area contributed by atoms with Crippen LogP contribution in [-0.2, 0) is 65.4 Å². The Bertz CT molecular complexity index is 1650. The van der Waals surface area contributed by atoms with E-state index in [0.717, 1.165) is 109 Å². The molecule has 3 N–H and O–H groups in total. The van der Waals surface area contributed by atoms with Crippen LogP contribution in [0.3, 0.4) is 0 Å². The van der Waals surface area contributed by atoms with Crippen molar-refractivity contribution >= 4 is 39.5 Å². The SMILES string of the molecule is CCCCCCCCCCCCCCCCCCCCCCCC(=O)O[C@H](COC(=O)CCCCCCCCCCC(C)C)COP(=O)(O)OC[C@@H](O)COP(=O)(O)OC[C@@H](COC(=O)CCCCCCC)OC(=O)CCCCCCCCCC. The van der Waals surface area contributed by atoms with Crippen molar-refractivity contribution in [2.45, 2.75) is 355 Å². The Morgan fingerprint density at radius 2 is 0.541 bits per heavy atom. The molecular weight excluding hydrogens is 1130 g/mol. The number of aliphatic hydroxyl groups is 1. The molecule has 0 saturated carbocycles. The fourth-order valence-corrected chi connectivity index (χ4v) is 11.5. The zero-order valence-corrected chi connectivity index (χ0v) is 56.5. The minimum atomic E-state index is -4.94. The Kier molecular flexibility index (Phi) is 58.3. The van der Waals surface area contributed by atoms with Crippen molar-refractivity contribution in [1.29, 1.82) is 0 Å². The molecule has 17 nitrogen and oxygen atoms in total. The molecule has 0 aliphatic heterocycles. The number of phosphoric acid groups is 2. The van der Waals surface area contributed by atoms with E-state index in [1.807, 2.05) is 0 Å². The van der Waals surface area contributed by atoms with Gasteiger partial charge in [-0.05, 0) is 31.6 Å². The van der Waals surface area contributed by atoms with Crippen molar-refractivity contribution in [3.8, 4) is 0 Å². The summed E-state index contributed by atoms with van der Waals surface area (Å²) in [6.45, 7) is 7.05. The Labute approximate surface area is 517 Å². The smallest absolute Gasteiger partial charge is 0.462 e. The summed E-state index contributed by atoms with van der Waals surface area (Å²) in [5.41, 5.74) is 0. The second-order valence-electron chi connectivity index (χ2n) is 24.3. The lowest BCUT2D eigenvalue weighted by Gasteiger charge is -2.21. The summed E-state index contributed by atoms with van der Waals surface area (Å²) in [5.74, 6) is -1.42. The van der Waals surface area contributed by atoms with Crippen LogP contribution in [0.15, 0.2) is 0 Å². The van der Waals surface area contributed by atoms with E-state index in [4.69, 9.17) is 37.0 Å². The molecule has 19 heteroatoms. The molecule has 0 aromatic carbocycles. The van der Waals surface area contributed by atoms with Crippen molar-refractivity contribution in [3.05, 3.63) is 0 Å². The normalized spacial score (nSPS) is 14.2. The van der Waals surface area contributed by atoms with Gasteiger partial charge in [-0.3, -0.25) is 37.3 Å². The van der Waals surface area contributed by atoms with Crippen LogP contribution in [0, 0.1) is 5.92 Å². The summed E-state index contributed by atoms with van der Waals surface area (Å²) in [4.78, 5) is 71.9. The van der Waals surface area contributed by atoms with Crippen LogP contribution in [-0.4, -0.2) is 96.7 Å². The average molecular weight is 1260 g/mol. The number of esters is 4. The summed E-state index contributed by atoms with van der Waals surface area (Å²) in [6.07, 6.45) is 45.2. The molecule has 85 heavy (non-hydrogen) atoms. The third-order valence-corrected chi connectivity index (χ3v) is 17.2. The Balaban J connectivity index is 5.07. The fourth-order valence-electron chi connectivity index (χ4n) is 9.94. The zero-order valence-electron chi connectivity index (χ0n) is 54.7. The predicted octanol–water partition coefficient (Wildman–Crippen LogP) is 18.6. The van der Waals surface area contributed by atoms with Crippen LogP contribution in [0.4, 0.5) is 0 Å². The van der Waals surface area contributed by atoms with Crippen molar-refractivity contribution in [2.24, 2.45) is 5.92 Å². The number of hydrogen-bond donors (Lipinski definition) is 3. The Morgan fingerprint density at radius 3 is 0.800 bits per heavy atom. The number of unbranched alkanes of at least 4 members (excludes halogenated alkanes) is 38. The number of hydrogen-bond acceptors (Lipinski definition) is 15. The summed E-state index contributed by atoms with van der Waals surface area (Å²) < 4.78 is 67.8. The van der Waals surface area contributed by atoms with Gasteiger partial charge in [0.1, 0.15) is 19.3 Å². The van der Waals surface area contributed by atoms with E-state index in [1.54, 1.807) is 0 Å². The van der Waals surface area contributed by atoms with Crippen molar-refractivity contribution < 1.29 is 80.2 Å². The molecule has 2 unspecified atom stereocenters. The highest BCUT2D eigenvalue weighted by Gasteiger charge is 2.30. The molecular formula is C66H128O17P2. The first-order valence-corrected chi connectivity index (χ1v) is 37.6. The molecule has 0 spiro atoms. The monoisotopic (exact) mass is 1250 g/mol. The average Bonchev–Trinajstić information content (AvgIpc) is 3.52. The minimum Gasteiger partial charge on any atom is -0.462 e. The van der Waals surface area contributed by atoms with Gasteiger partial charge < -0.3 is 33.8 Å². The fraction of sp³-hybridized carbons (Fsp3) is 0.939. The first kappa shape index (κ1) is 83.1. The van der Waals surface area contributed by atoms with Gasteiger partial charge in [0.05, 0.1) is 26.4 Å². The maximum absolute atomic E-state index is 13.0. The predicted molar refractivity (Wildman–Crippen MR) is 340 cm³/mol. The second-order valence-corrected chi connectivity index (χ2v) is 27.2. The number of phosphoric ester groups is 2. The summed E-state index contributed by atoms with van der Waals surface area (Å²) in [7, 11) is -9.88. The lowest BCUT2D eigenvalue weighted by Crippen LogP contribution is -2.30. The van der Waals surface area contributed by atoms with Crippen LogP contribution >= 0.6 is 15.6 Å². The van der Waals surface area contributed by atoms with Gasteiger partial charge in [0, 0.05) is 25.7 Å². The third kappa shape index (κ3) is 60.7. The molecule has 504 valence electrons. The zero-order chi connectivity index (χ0) is 62.8. The molecule has 0 aromatic rings. The number of carbonyl (C=O) groups excluding carboxylic acids is 4. The summed E-state index contributed by atoms with van der Waals surface area (Å²) in [5, 5.41) is 10.5. The van der Waals surface area contributed by atoms with Crippen molar-refractivity contribution in [3.63, 3.8) is 0 Å². The molecule has 0 saturated heterocycles. The standard InChI is InChI=1S/C66H128O17P2/c1-6-9-12-15-17-19-20-21-22-23-24-25-26-27-28-29-30-31-37-42-47-52-66(71)83-62(56-77-64(69)50-45-40-36-33-32-34-39-43-48-59(4)5)58-81-85(74,75)79-54-60(67)53-78-84(72,73)80-57-61(55-76-63(68)49-44-38-14-11-8-3)82-65(70)51-46-41-35-18-16-13-10-7-2/h59-62,67H,6-58H2,1-5H3,(H,72,73)(H,74,75)/t60-,61+,62+/m0/s1. The highest BCUT2D eigenvalue weighted by Crippen LogP contribution is 2.45. The maximum atomic E-state index is 13.0. The van der Waals surface area contributed by atoms with E-state index in [0.29, 0.717) is 25.7 Å². The van der Waals surface area contributed by atoms with Crippen LogP contribution in [0.25, 0.3) is 0 Å². The Morgan fingerprint density at radius 1 is 0.318 bits per heavy atom. The first-order chi connectivity index (χ1) is 41.0. The van der Waals surface area contributed by atoms with Crippen molar-refractivity contribution in [2.75, 3.05) is 39.6 Å². The third-order valence-electron chi connectivity index (χ3n) is 15.3. The molecule has 0 rings (SSSR count). The molecule has 0 aliphatic carbocycles. The molecule has 0 bridgehead atoms. The molecule has 0 fully saturated rings. The van der Waals surface area contributed by atoms with Gasteiger partial charge in [-0.1, -0.05) is 285 Å². The number of carbonyl (C=O) groups is 4. The highest BCUT2D eigenvalue weighted by atomic mass is 31.2. The van der Waals surface area contributed by atoms with Crippen LogP contribution in [0.2, 0.25) is 0 Å². The second kappa shape index (κ2) is 59.7. The van der Waals surface area contributed by atoms with Gasteiger partial charge in [-0.2, -0.15) is 0 Å². The molecule has 0 radical (unpaired) electrons. The van der Waals surface area contributed by atoms with Gasteiger partial charge >= 0.3 is 39.5 Å². The van der Waals surface area contributed by atoms with E-state index < -0.39 is 97.5 Å². The molecule has 0 aromatic heterocycles. The molecule has 5 atom stereocenters. The van der Waals surface area contributed by atoms with Crippen LogP contribution in [0.1, 0.15) is 336 Å². The van der Waals surface area contributed by atoms with Crippen molar-refractivity contribution in [1.82, 2.24) is 0 Å². The van der Waals surface area contributed by atoms with Gasteiger partial charge in [0.2, 0.25) is 0 Å². The van der Waals surface area contributed by atoms with E-state index in [-0.39, 0.29) is 25.7 Å². The first-order valence-electron chi connectivity index (χ1n) is 34.6. The van der Waals surface area contributed by atoms with Crippen LogP contribution < -0.4 is 0 Å². The quantitative estimate of drug-likeness (QED) is 0.0222. The van der Waals surface area contributed by atoms with Gasteiger partial charge in [0.25, 0.3) is 0 Å². The van der Waals surface area contributed by atoms with Crippen LogP contribution in [0.5, 0.6) is 0 Å². The van der Waals surface area contributed by atoms with Gasteiger partial charge in [0.15, 0.2) is 12.2 Å². The van der Waals surface area contributed by atoms with E-state index in [2.05, 4.69) is 34.6 Å². The van der Waals surface area contributed by atoms with E-state index in [9.17, 15) is 43.2 Å². The highest BCUT2D eigenvalue weighted by molar-refractivity contribution is 7.47. The number of ether oxygens (including phenoxy) is 4. The topological polar surface area (TPSA) is 237 Å². The maximum Gasteiger partial charge on any atom is 0.472 e. The molecule has 0 aliphatic rings. The van der Waals surface area contributed by atoms with Gasteiger partial charge in [-0.15, -0.1) is 0 Å². The summed E-state index contributed by atoms with van der Waals surface area (Å²) >= 11 is 0. The van der Waals surface area contributed by atoms with E-state index >= 15 is 0 Å². The number of rotatable bonds is 66. The number of aliphatic hydroxyl groups excluding tert-OH is 1.